The summed E-state index contributed by atoms with van der Waals surface area (Å²) in [6.45, 7) is 2.47. The third kappa shape index (κ3) is 2.78. The van der Waals surface area contributed by atoms with Crippen LogP contribution in [0.1, 0.15) is 11.1 Å². The van der Waals surface area contributed by atoms with E-state index in [-0.39, 0.29) is 5.82 Å². The maximum Gasteiger partial charge on any atom is 0.123 e. The highest BCUT2D eigenvalue weighted by molar-refractivity contribution is 7.98. The van der Waals surface area contributed by atoms with Gasteiger partial charge in [0.2, 0.25) is 0 Å². The highest BCUT2D eigenvalue weighted by atomic mass is 32.2. The second-order valence-corrected chi connectivity index (χ2v) is 5.33. The maximum atomic E-state index is 13.0. The molecule has 1 aromatic carbocycles. The Bertz CT molecular complexity index is 612. The molecule has 1 aromatic heterocycles. The van der Waals surface area contributed by atoms with Crippen molar-refractivity contribution >= 4 is 17.4 Å². The SMILES string of the molecule is CSc1nc(-c2ccc(F)cc2)c(C)c(N)c1CCN. The van der Waals surface area contributed by atoms with Gasteiger partial charge in [-0.25, -0.2) is 9.37 Å². The predicted molar refractivity (Wildman–Crippen MR) is 83.3 cm³/mol. The lowest BCUT2D eigenvalue weighted by Gasteiger charge is -2.16. The molecule has 2 aromatic rings. The van der Waals surface area contributed by atoms with Gasteiger partial charge in [-0.1, -0.05) is 0 Å². The normalized spacial score (nSPS) is 10.8. The zero-order valence-electron chi connectivity index (χ0n) is 11.6. The molecule has 0 bridgehead atoms. The second kappa shape index (κ2) is 6.24. The number of anilines is 1. The third-order valence-corrected chi connectivity index (χ3v) is 3.99. The molecule has 4 N–H and O–H groups in total. The maximum absolute atomic E-state index is 13.0. The first kappa shape index (κ1) is 14.8. The van der Waals surface area contributed by atoms with Crippen LogP contribution in [-0.4, -0.2) is 17.8 Å². The monoisotopic (exact) mass is 291 g/mol. The summed E-state index contributed by atoms with van der Waals surface area (Å²) in [6.07, 6.45) is 2.67. The Labute approximate surface area is 122 Å². The molecule has 0 saturated heterocycles. The quantitative estimate of drug-likeness (QED) is 0.850. The number of nitrogen functional groups attached to an aromatic ring is 1. The molecule has 0 aliphatic rings. The molecule has 0 aliphatic heterocycles. The van der Waals surface area contributed by atoms with Crippen molar-refractivity contribution in [3.8, 4) is 11.3 Å². The predicted octanol–water partition coefficient (Wildman–Crippen LogP) is 3.00. The topological polar surface area (TPSA) is 64.9 Å². The number of halogens is 1. The van der Waals surface area contributed by atoms with Crippen LogP contribution >= 0.6 is 11.8 Å². The largest absolute Gasteiger partial charge is 0.398 e. The molecule has 1 heterocycles. The van der Waals surface area contributed by atoms with Crippen LogP contribution in [0.15, 0.2) is 29.3 Å². The van der Waals surface area contributed by atoms with Gasteiger partial charge in [0.05, 0.1) is 5.69 Å². The fourth-order valence-electron chi connectivity index (χ4n) is 2.17. The van der Waals surface area contributed by atoms with E-state index < -0.39 is 0 Å². The van der Waals surface area contributed by atoms with Gasteiger partial charge in [0, 0.05) is 16.8 Å². The molecule has 0 atom stereocenters. The summed E-state index contributed by atoms with van der Waals surface area (Å²) in [5.41, 5.74) is 16.2. The van der Waals surface area contributed by atoms with Gasteiger partial charge < -0.3 is 11.5 Å². The Morgan fingerprint density at radius 2 is 1.90 bits per heavy atom. The van der Waals surface area contributed by atoms with Gasteiger partial charge in [0.15, 0.2) is 0 Å². The number of thioether (sulfide) groups is 1. The van der Waals surface area contributed by atoms with E-state index in [0.717, 1.165) is 33.1 Å². The van der Waals surface area contributed by atoms with Gasteiger partial charge in [0.1, 0.15) is 10.8 Å². The zero-order valence-corrected chi connectivity index (χ0v) is 12.4. The number of hydrogen-bond donors (Lipinski definition) is 2. The van der Waals surface area contributed by atoms with Crippen molar-refractivity contribution in [2.75, 3.05) is 18.5 Å². The summed E-state index contributed by atoms with van der Waals surface area (Å²) < 4.78 is 13.0. The average Bonchev–Trinajstić information content (AvgIpc) is 2.46. The van der Waals surface area contributed by atoms with E-state index in [1.807, 2.05) is 13.2 Å². The highest BCUT2D eigenvalue weighted by Crippen LogP contribution is 2.33. The Hall–Kier alpha value is -1.59. The van der Waals surface area contributed by atoms with Crippen LogP contribution < -0.4 is 11.5 Å². The molecule has 106 valence electrons. The molecule has 0 spiro atoms. The Morgan fingerprint density at radius 3 is 2.45 bits per heavy atom. The van der Waals surface area contributed by atoms with Gasteiger partial charge in [-0.05, 0) is 56.0 Å². The summed E-state index contributed by atoms with van der Waals surface area (Å²) in [7, 11) is 0. The molecule has 3 nitrogen and oxygen atoms in total. The molecular weight excluding hydrogens is 273 g/mol. The number of benzene rings is 1. The smallest absolute Gasteiger partial charge is 0.123 e. The van der Waals surface area contributed by atoms with Gasteiger partial charge in [0.25, 0.3) is 0 Å². The van der Waals surface area contributed by atoms with Crippen molar-refractivity contribution < 1.29 is 4.39 Å². The summed E-state index contributed by atoms with van der Waals surface area (Å²) in [5, 5.41) is 0.887. The molecule has 0 amide bonds. The molecule has 0 radical (unpaired) electrons. The van der Waals surface area contributed by atoms with Crippen molar-refractivity contribution in [1.82, 2.24) is 4.98 Å². The number of nitrogens with two attached hydrogens (primary N) is 2. The molecule has 0 aliphatic carbocycles. The van der Waals surface area contributed by atoms with Crippen LogP contribution in [0.4, 0.5) is 10.1 Å². The molecule has 0 saturated carbocycles. The van der Waals surface area contributed by atoms with Crippen LogP contribution in [0.3, 0.4) is 0 Å². The van der Waals surface area contributed by atoms with Gasteiger partial charge >= 0.3 is 0 Å². The zero-order chi connectivity index (χ0) is 14.7. The molecule has 20 heavy (non-hydrogen) atoms. The van der Waals surface area contributed by atoms with E-state index in [9.17, 15) is 4.39 Å². The molecular formula is C15H18FN3S. The first-order valence-electron chi connectivity index (χ1n) is 6.37. The van der Waals surface area contributed by atoms with E-state index >= 15 is 0 Å². The van der Waals surface area contributed by atoms with E-state index in [4.69, 9.17) is 11.5 Å². The standard InChI is InChI=1S/C15H18FN3S/c1-9-13(18)12(7-8-17)15(20-2)19-14(9)10-3-5-11(16)6-4-10/h3-6H,7-8,17H2,1-2H3,(H2,18,19). The van der Waals surface area contributed by atoms with Crippen LogP contribution in [0.25, 0.3) is 11.3 Å². The average molecular weight is 291 g/mol. The fourth-order valence-corrected chi connectivity index (χ4v) is 2.81. The number of pyridine rings is 1. The molecule has 2 rings (SSSR count). The fraction of sp³-hybridized carbons (Fsp3) is 0.267. The van der Waals surface area contributed by atoms with E-state index in [2.05, 4.69) is 4.98 Å². The molecule has 5 heteroatoms. The number of nitrogens with zero attached hydrogens (tertiary/aromatic N) is 1. The number of hydrogen-bond acceptors (Lipinski definition) is 4. The van der Waals surface area contributed by atoms with Crippen molar-refractivity contribution in [2.45, 2.75) is 18.4 Å². The summed E-state index contributed by atoms with van der Waals surface area (Å²) in [6, 6.07) is 6.30. The lowest BCUT2D eigenvalue weighted by atomic mass is 10.0. The first-order chi connectivity index (χ1) is 9.58. The van der Waals surface area contributed by atoms with Crippen LogP contribution in [0.2, 0.25) is 0 Å². The second-order valence-electron chi connectivity index (χ2n) is 4.53. The lowest BCUT2D eigenvalue weighted by molar-refractivity contribution is 0.628. The van der Waals surface area contributed by atoms with Crippen molar-refractivity contribution in [2.24, 2.45) is 5.73 Å². The van der Waals surface area contributed by atoms with E-state index in [1.54, 1.807) is 23.9 Å². The number of aromatic nitrogens is 1. The van der Waals surface area contributed by atoms with Crippen LogP contribution in [0, 0.1) is 12.7 Å². The summed E-state index contributed by atoms with van der Waals surface area (Å²) in [4.78, 5) is 4.68. The van der Waals surface area contributed by atoms with E-state index in [1.165, 1.54) is 12.1 Å². The van der Waals surface area contributed by atoms with Gasteiger partial charge in [-0.3, -0.25) is 0 Å². The summed E-state index contributed by atoms with van der Waals surface area (Å²) in [5.74, 6) is -0.260. The van der Waals surface area contributed by atoms with Crippen molar-refractivity contribution in [1.29, 1.82) is 0 Å². The van der Waals surface area contributed by atoms with Gasteiger partial charge in [-0.15, -0.1) is 11.8 Å². The molecule has 0 fully saturated rings. The Morgan fingerprint density at radius 1 is 1.25 bits per heavy atom. The van der Waals surface area contributed by atoms with Gasteiger partial charge in [-0.2, -0.15) is 0 Å². The van der Waals surface area contributed by atoms with Crippen LogP contribution in [-0.2, 0) is 6.42 Å². The molecule has 0 unspecified atom stereocenters. The minimum absolute atomic E-state index is 0.260. The summed E-state index contributed by atoms with van der Waals surface area (Å²) >= 11 is 1.55. The third-order valence-electron chi connectivity index (χ3n) is 3.26. The first-order valence-corrected chi connectivity index (χ1v) is 7.60. The lowest BCUT2D eigenvalue weighted by Crippen LogP contribution is -2.10. The number of rotatable bonds is 4. The Balaban J connectivity index is 2.60. The Kier molecular flexibility index (Phi) is 4.62. The minimum atomic E-state index is -0.260. The highest BCUT2D eigenvalue weighted by Gasteiger charge is 2.15. The van der Waals surface area contributed by atoms with Crippen molar-refractivity contribution in [3.63, 3.8) is 0 Å². The van der Waals surface area contributed by atoms with Crippen LogP contribution in [0.5, 0.6) is 0 Å². The van der Waals surface area contributed by atoms with Crippen molar-refractivity contribution in [3.05, 3.63) is 41.2 Å². The van der Waals surface area contributed by atoms with E-state index in [0.29, 0.717) is 13.0 Å². The minimum Gasteiger partial charge on any atom is -0.398 e.